The molecule has 6 atom stereocenters. The Labute approximate surface area is 205 Å². The second-order valence-electron chi connectivity index (χ2n) is 8.74. The Kier molecular flexibility index (Phi) is 11.6. The number of aliphatic hydroxyl groups excluding tert-OH is 1. The van der Waals surface area contributed by atoms with Crippen LogP contribution in [0.1, 0.15) is 64.2 Å². The monoisotopic (exact) mass is 710 g/mol. The molecule has 4 fully saturated rings. The number of hydrogen-bond donors (Lipinski definition) is 1. The molecule has 0 amide bonds. The minimum Gasteiger partial charge on any atom is -0.490 e. The van der Waals surface area contributed by atoms with Gasteiger partial charge in [-0.15, -0.1) is 24.0 Å². The van der Waals surface area contributed by atoms with Gasteiger partial charge < -0.3 is 9.84 Å². The lowest BCUT2D eigenvalue weighted by Crippen LogP contribution is -2.25. The van der Waals surface area contributed by atoms with Crippen LogP contribution in [-0.2, 0) is 0 Å². The number of ether oxygens (including phenoxy) is 1. The van der Waals surface area contributed by atoms with Crippen molar-refractivity contribution in [1.82, 2.24) is 0 Å². The molecule has 1 N–H and O–H groups in total. The van der Waals surface area contributed by atoms with Crippen LogP contribution in [0.3, 0.4) is 0 Å². The first kappa shape index (κ1) is 24.4. The number of benzene rings is 1. The zero-order chi connectivity index (χ0) is 18.4. The second kappa shape index (κ2) is 12.8. The molecule has 0 heterocycles. The zero-order valence-corrected chi connectivity index (χ0v) is 22.6. The largest absolute Gasteiger partial charge is 0.490 e. The lowest BCUT2D eigenvalue weighted by molar-refractivity contribution is 0.0965. The molecular formula is C22H33I3O2. The molecule has 4 bridgehead atoms. The molecule has 0 spiro atoms. The van der Waals surface area contributed by atoms with Gasteiger partial charge in [0.25, 0.3) is 0 Å². The molecule has 0 radical (unpaired) electrons. The minimum atomic E-state index is 0. The van der Waals surface area contributed by atoms with Crippen molar-refractivity contribution in [1.29, 1.82) is 0 Å². The third-order valence-electron chi connectivity index (χ3n) is 6.75. The van der Waals surface area contributed by atoms with Gasteiger partial charge in [-0.05, 0) is 74.3 Å². The molecule has 5 rings (SSSR count). The molecule has 5 heteroatoms. The van der Waals surface area contributed by atoms with E-state index < -0.39 is 0 Å². The first-order chi connectivity index (χ1) is 12.7. The number of halogens is 3. The number of aliphatic hydroxyl groups is 1. The second-order valence-corrected chi connectivity index (χ2v) is 8.74. The van der Waals surface area contributed by atoms with Gasteiger partial charge in [0.15, 0.2) is 0 Å². The van der Waals surface area contributed by atoms with Crippen LogP contribution in [0.2, 0.25) is 0 Å². The fraction of sp³-hybridized carbons (Fsp3) is 0.727. The molecule has 27 heavy (non-hydrogen) atoms. The predicted octanol–water partition coefficient (Wildman–Crippen LogP) is 7.59. The molecule has 2 unspecified atom stereocenters. The zero-order valence-electron chi connectivity index (χ0n) is 15.9. The summed E-state index contributed by atoms with van der Waals surface area (Å²) in [6.07, 6.45) is 13.8. The van der Waals surface area contributed by atoms with E-state index in [1.807, 2.05) is 18.2 Å². The summed E-state index contributed by atoms with van der Waals surface area (Å²) in [5, 5.41) is 9.29. The van der Waals surface area contributed by atoms with Crippen LogP contribution >= 0.6 is 61.2 Å². The van der Waals surface area contributed by atoms with E-state index in [0.717, 1.165) is 42.3 Å². The van der Waals surface area contributed by atoms with Crippen LogP contribution in [-0.4, -0.2) is 17.3 Å². The van der Waals surface area contributed by atoms with Crippen LogP contribution < -0.4 is 4.74 Å². The van der Waals surface area contributed by atoms with Crippen molar-refractivity contribution in [2.45, 2.75) is 76.4 Å². The maximum Gasteiger partial charge on any atom is 0.119 e. The van der Waals surface area contributed by atoms with E-state index in [2.05, 4.69) is 49.4 Å². The molecule has 0 aromatic heterocycles. The lowest BCUT2D eigenvalue weighted by atomic mass is 9.87. The van der Waals surface area contributed by atoms with Gasteiger partial charge in [0.1, 0.15) is 5.75 Å². The molecule has 1 aromatic carbocycles. The van der Waals surface area contributed by atoms with Crippen LogP contribution in [0.5, 0.6) is 5.75 Å². The highest BCUT2D eigenvalue weighted by Crippen LogP contribution is 2.43. The number of hydrogen-bond acceptors (Lipinski definition) is 2. The van der Waals surface area contributed by atoms with Crippen molar-refractivity contribution in [3.8, 4) is 5.75 Å². The van der Waals surface area contributed by atoms with Gasteiger partial charge in [0.2, 0.25) is 0 Å². The molecule has 4 aliphatic carbocycles. The fourth-order valence-electron chi connectivity index (χ4n) is 5.71. The minimum absolute atomic E-state index is 0. The molecular weight excluding hydrogens is 677 g/mol. The van der Waals surface area contributed by atoms with Crippen molar-refractivity contribution in [3.05, 3.63) is 30.3 Å². The Morgan fingerprint density at radius 2 is 1.15 bits per heavy atom. The van der Waals surface area contributed by atoms with E-state index in [0.29, 0.717) is 6.10 Å². The summed E-state index contributed by atoms with van der Waals surface area (Å²) in [7, 11) is 0. The van der Waals surface area contributed by atoms with Gasteiger partial charge in [-0.2, -0.15) is 0 Å². The van der Waals surface area contributed by atoms with Gasteiger partial charge in [0.05, 0.1) is 12.2 Å². The molecule has 2 nitrogen and oxygen atoms in total. The van der Waals surface area contributed by atoms with Gasteiger partial charge in [-0.25, -0.2) is 0 Å². The lowest BCUT2D eigenvalue weighted by Gasteiger charge is -2.28. The Hall–Kier alpha value is 1.17. The van der Waals surface area contributed by atoms with Crippen LogP contribution in [0, 0.1) is 23.7 Å². The number of para-hydroxylation sites is 1. The van der Waals surface area contributed by atoms with Gasteiger partial charge in [-0.3, -0.25) is 0 Å². The van der Waals surface area contributed by atoms with Crippen molar-refractivity contribution >= 4 is 61.2 Å². The van der Waals surface area contributed by atoms with Crippen molar-refractivity contribution in [3.63, 3.8) is 0 Å². The Bertz CT molecular complexity index is 504. The summed E-state index contributed by atoms with van der Waals surface area (Å²) in [6.45, 7) is 0. The first-order valence-corrected chi connectivity index (χ1v) is 16.6. The first-order valence-electron chi connectivity index (χ1n) is 10.3. The van der Waals surface area contributed by atoms with Crippen molar-refractivity contribution in [2.24, 2.45) is 23.7 Å². The standard InChI is InChI=1S/C14H18O.C8H14O.I2.HI/c1-2-4-13(5-3-1)15-14-9-11-6-7-12(8-11)10-14;9-8-4-6-1-2-7(3-6)5-8;1-2;/h1-5,11-12,14H,6-10H2;6-9H,1-5H2;;1H/t11-,12+,14?;6-,7+,8?;;. The highest BCUT2D eigenvalue weighted by molar-refractivity contribution is 15.0. The molecule has 1 aromatic rings. The fourth-order valence-corrected chi connectivity index (χ4v) is 5.71. The normalized spacial score (nSPS) is 35.7. The van der Waals surface area contributed by atoms with Crippen molar-refractivity contribution < 1.29 is 9.84 Å². The number of fused-ring (bicyclic) bond motifs is 4. The van der Waals surface area contributed by atoms with E-state index >= 15 is 0 Å². The van der Waals surface area contributed by atoms with E-state index in [4.69, 9.17) is 4.74 Å². The quantitative estimate of drug-likeness (QED) is 0.321. The van der Waals surface area contributed by atoms with E-state index in [-0.39, 0.29) is 30.1 Å². The van der Waals surface area contributed by atoms with E-state index in [9.17, 15) is 5.11 Å². The van der Waals surface area contributed by atoms with Crippen LogP contribution in [0.15, 0.2) is 30.3 Å². The predicted molar refractivity (Wildman–Crippen MR) is 140 cm³/mol. The Morgan fingerprint density at radius 1 is 0.704 bits per heavy atom. The van der Waals surface area contributed by atoms with E-state index in [1.54, 1.807) is 0 Å². The Balaban J connectivity index is 0.000000188. The summed E-state index contributed by atoms with van der Waals surface area (Å²) < 4.78 is 6.04. The molecule has 4 saturated carbocycles. The van der Waals surface area contributed by atoms with Gasteiger partial charge >= 0.3 is 0 Å². The smallest absolute Gasteiger partial charge is 0.119 e. The highest BCUT2D eigenvalue weighted by Gasteiger charge is 2.35. The summed E-state index contributed by atoms with van der Waals surface area (Å²) in [5.74, 6) is 4.73. The van der Waals surface area contributed by atoms with Crippen molar-refractivity contribution in [2.75, 3.05) is 0 Å². The maximum atomic E-state index is 9.29. The molecule has 154 valence electrons. The molecule has 0 aliphatic heterocycles. The Morgan fingerprint density at radius 3 is 1.63 bits per heavy atom. The average molecular weight is 710 g/mol. The highest BCUT2D eigenvalue weighted by atomic mass is 128. The summed E-state index contributed by atoms with van der Waals surface area (Å²) in [6, 6.07) is 10.3. The molecule has 4 aliphatic rings. The van der Waals surface area contributed by atoms with E-state index in [1.165, 1.54) is 51.4 Å². The average Bonchev–Trinajstić information content (AvgIpc) is 3.19. The third-order valence-corrected chi connectivity index (χ3v) is 6.75. The maximum absolute atomic E-state index is 9.29. The summed E-state index contributed by atoms with van der Waals surface area (Å²) >= 11 is 4.24. The summed E-state index contributed by atoms with van der Waals surface area (Å²) in [4.78, 5) is 0. The molecule has 0 saturated heterocycles. The number of rotatable bonds is 2. The summed E-state index contributed by atoms with van der Waals surface area (Å²) in [5.41, 5.74) is 0. The van der Waals surface area contributed by atoms with Crippen LogP contribution in [0.4, 0.5) is 0 Å². The topological polar surface area (TPSA) is 29.5 Å². The third kappa shape index (κ3) is 7.74. The van der Waals surface area contributed by atoms with Gasteiger partial charge in [-0.1, -0.05) is 43.9 Å². The van der Waals surface area contributed by atoms with Crippen LogP contribution in [0.25, 0.3) is 0 Å². The van der Waals surface area contributed by atoms with Gasteiger partial charge in [0, 0.05) is 37.2 Å². The SMILES string of the molecule is I.II.OC1C[C@H]2CC[C@@H](C1)C2.c1ccc(OC2C[C@H]3CC[C@@H](C2)C3)cc1.